The third kappa shape index (κ3) is 2.78. The van der Waals surface area contributed by atoms with Crippen molar-refractivity contribution < 1.29 is 4.74 Å². The molecule has 1 aromatic heterocycles. The maximum Gasteiger partial charge on any atom is 0.222 e. The molecule has 0 aliphatic carbocycles. The number of nitrogens with one attached hydrogen (secondary N) is 1. The second kappa shape index (κ2) is 6.28. The molecule has 4 rings (SSSR count). The molecule has 1 aliphatic rings. The molecular formula is C18H17BrN4O. The van der Waals surface area contributed by atoms with Gasteiger partial charge in [-0.1, -0.05) is 40.2 Å². The lowest BCUT2D eigenvalue weighted by atomic mass is 9.93. The van der Waals surface area contributed by atoms with Crippen molar-refractivity contribution in [2.75, 3.05) is 12.4 Å². The maximum absolute atomic E-state index is 5.26. The van der Waals surface area contributed by atoms with Crippen molar-refractivity contribution >= 4 is 21.9 Å². The highest BCUT2D eigenvalue weighted by molar-refractivity contribution is 9.10. The number of anilines is 1. The highest BCUT2D eigenvalue weighted by atomic mass is 79.9. The zero-order chi connectivity index (χ0) is 16.5. The molecule has 1 N–H and O–H groups in total. The van der Waals surface area contributed by atoms with Crippen LogP contribution in [-0.4, -0.2) is 21.9 Å². The Kier molecular flexibility index (Phi) is 3.98. The minimum Gasteiger partial charge on any atom is -0.497 e. The number of hydrogen-bond acceptors (Lipinski definition) is 4. The van der Waals surface area contributed by atoms with Crippen LogP contribution in [0.5, 0.6) is 5.75 Å². The van der Waals surface area contributed by atoms with Crippen molar-refractivity contribution in [1.29, 1.82) is 0 Å². The van der Waals surface area contributed by atoms with E-state index >= 15 is 0 Å². The van der Waals surface area contributed by atoms with Gasteiger partial charge in [0.25, 0.3) is 0 Å². The molecule has 2 heterocycles. The molecule has 0 amide bonds. The van der Waals surface area contributed by atoms with Crippen molar-refractivity contribution in [1.82, 2.24) is 14.8 Å². The normalized spacial score (nSPS) is 19.4. The molecule has 0 unspecified atom stereocenters. The van der Waals surface area contributed by atoms with Crippen molar-refractivity contribution in [3.8, 4) is 5.75 Å². The van der Waals surface area contributed by atoms with Gasteiger partial charge in [-0.15, -0.1) is 0 Å². The molecular weight excluding hydrogens is 368 g/mol. The van der Waals surface area contributed by atoms with E-state index in [2.05, 4.69) is 61.7 Å². The van der Waals surface area contributed by atoms with E-state index in [-0.39, 0.29) is 12.1 Å². The Bertz CT molecular complexity index is 846. The molecule has 6 heteroatoms. The van der Waals surface area contributed by atoms with E-state index < -0.39 is 0 Å². The van der Waals surface area contributed by atoms with E-state index in [0.717, 1.165) is 22.6 Å². The van der Waals surface area contributed by atoms with Crippen LogP contribution in [0.2, 0.25) is 0 Å². The number of fused-ring (bicyclic) bond motifs is 1. The van der Waals surface area contributed by atoms with Gasteiger partial charge in [0.15, 0.2) is 0 Å². The van der Waals surface area contributed by atoms with Crippen LogP contribution in [0.4, 0.5) is 5.95 Å². The number of hydrogen-bond donors (Lipinski definition) is 1. The Morgan fingerprint density at radius 1 is 1.17 bits per heavy atom. The lowest BCUT2D eigenvalue weighted by molar-refractivity contribution is 0.411. The minimum absolute atomic E-state index is 0.138. The number of benzene rings is 2. The first-order valence-corrected chi connectivity index (χ1v) is 8.59. The van der Waals surface area contributed by atoms with Gasteiger partial charge in [0.2, 0.25) is 5.95 Å². The Morgan fingerprint density at radius 3 is 2.75 bits per heavy atom. The fourth-order valence-corrected chi connectivity index (χ4v) is 3.58. The number of methoxy groups -OCH3 is 1. The summed E-state index contributed by atoms with van der Waals surface area (Å²) in [7, 11) is 1.68. The molecule has 2 atom stereocenters. The zero-order valence-corrected chi connectivity index (χ0v) is 14.8. The largest absolute Gasteiger partial charge is 0.497 e. The van der Waals surface area contributed by atoms with Crippen LogP contribution >= 0.6 is 15.9 Å². The summed E-state index contributed by atoms with van der Waals surface area (Å²) >= 11 is 3.55. The van der Waals surface area contributed by atoms with Gasteiger partial charge in [-0.3, -0.25) is 0 Å². The number of aromatic nitrogens is 3. The summed E-state index contributed by atoms with van der Waals surface area (Å²) < 4.78 is 8.30. The topological polar surface area (TPSA) is 52.0 Å². The van der Waals surface area contributed by atoms with Crippen molar-refractivity contribution in [3.05, 3.63) is 70.5 Å². The molecule has 0 saturated carbocycles. The minimum atomic E-state index is 0.138. The Hall–Kier alpha value is -2.34. The van der Waals surface area contributed by atoms with E-state index in [9.17, 15) is 0 Å². The Labute approximate surface area is 148 Å². The Morgan fingerprint density at radius 2 is 2.00 bits per heavy atom. The van der Waals surface area contributed by atoms with E-state index in [4.69, 9.17) is 4.74 Å². The van der Waals surface area contributed by atoms with Gasteiger partial charge in [0.1, 0.15) is 12.1 Å². The van der Waals surface area contributed by atoms with Gasteiger partial charge < -0.3 is 10.1 Å². The van der Waals surface area contributed by atoms with Crippen LogP contribution in [-0.2, 0) is 0 Å². The summed E-state index contributed by atoms with van der Waals surface area (Å²) in [6, 6.07) is 16.9. The molecule has 24 heavy (non-hydrogen) atoms. The van der Waals surface area contributed by atoms with Gasteiger partial charge in [0, 0.05) is 4.47 Å². The van der Waals surface area contributed by atoms with E-state index in [1.54, 1.807) is 13.4 Å². The molecule has 0 saturated heterocycles. The third-order valence-electron chi connectivity index (χ3n) is 4.38. The fourth-order valence-electron chi connectivity index (χ4n) is 3.17. The van der Waals surface area contributed by atoms with E-state index in [1.807, 2.05) is 22.9 Å². The molecule has 0 radical (unpaired) electrons. The van der Waals surface area contributed by atoms with Gasteiger partial charge >= 0.3 is 0 Å². The van der Waals surface area contributed by atoms with Gasteiger partial charge in [-0.2, -0.15) is 10.1 Å². The smallest absolute Gasteiger partial charge is 0.222 e. The highest BCUT2D eigenvalue weighted by Gasteiger charge is 2.29. The SMILES string of the molecule is COc1ccc([C@@H]2C[C@@H](c3cccc(Br)c3)Nc3ncnn32)cc1. The molecule has 2 aromatic carbocycles. The molecule has 122 valence electrons. The van der Waals surface area contributed by atoms with Crippen LogP contribution in [0, 0.1) is 0 Å². The fraction of sp³-hybridized carbons (Fsp3) is 0.222. The summed E-state index contributed by atoms with van der Waals surface area (Å²) in [5, 5.41) is 7.89. The predicted octanol–water partition coefficient (Wildman–Crippen LogP) is 4.20. The standard InChI is InChI=1S/C18H17BrN4O/c1-24-15-7-5-12(6-8-15)17-10-16(13-3-2-4-14(19)9-13)22-18-20-11-21-23(17)18/h2-9,11,16-17H,10H2,1H3,(H,20,21,22)/t16-,17-/m0/s1. The number of rotatable bonds is 3. The highest BCUT2D eigenvalue weighted by Crippen LogP contribution is 2.38. The van der Waals surface area contributed by atoms with Crippen LogP contribution in [0.25, 0.3) is 0 Å². The average molecular weight is 385 g/mol. The maximum atomic E-state index is 5.26. The molecule has 5 nitrogen and oxygen atoms in total. The molecule has 0 fully saturated rings. The first-order valence-electron chi connectivity index (χ1n) is 7.80. The Balaban J connectivity index is 1.70. The summed E-state index contributed by atoms with van der Waals surface area (Å²) in [5.41, 5.74) is 2.43. The number of nitrogens with zero attached hydrogens (tertiary/aromatic N) is 3. The molecule has 3 aromatic rings. The monoisotopic (exact) mass is 384 g/mol. The van der Waals surface area contributed by atoms with Gasteiger partial charge in [-0.05, 0) is 41.8 Å². The quantitative estimate of drug-likeness (QED) is 0.735. The zero-order valence-electron chi connectivity index (χ0n) is 13.2. The average Bonchev–Trinajstić information content (AvgIpc) is 3.09. The second-order valence-electron chi connectivity index (χ2n) is 5.80. The molecule has 0 bridgehead atoms. The van der Waals surface area contributed by atoms with E-state index in [1.165, 1.54) is 11.1 Å². The van der Waals surface area contributed by atoms with Crippen molar-refractivity contribution in [2.24, 2.45) is 0 Å². The lowest BCUT2D eigenvalue weighted by Crippen LogP contribution is -2.28. The first-order chi connectivity index (χ1) is 11.7. The van der Waals surface area contributed by atoms with Crippen LogP contribution in [0.1, 0.15) is 29.6 Å². The summed E-state index contributed by atoms with van der Waals surface area (Å²) in [6.45, 7) is 0. The molecule has 0 spiro atoms. The van der Waals surface area contributed by atoms with Gasteiger partial charge in [-0.25, -0.2) is 4.68 Å². The number of halogens is 1. The predicted molar refractivity (Wildman–Crippen MR) is 96.3 cm³/mol. The van der Waals surface area contributed by atoms with Crippen molar-refractivity contribution in [2.45, 2.75) is 18.5 Å². The van der Waals surface area contributed by atoms with Gasteiger partial charge in [0.05, 0.1) is 19.2 Å². The van der Waals surface area contributed by atoms with E-state index in [0.29, 0.717) is 0 Å². The second-order valence-corrected chi connectivity index (χ2v) is 6.72. The molecule has 1 aliphatic heterocycles. The summed E-state index contributed by atoms with van der Waals surface area (Å²) in [4.78, 5) is 4.37. The first kappa shape index (κ1) is 15.2. The summed E-state index contributed by atoms with van der Waals surface area (Å²) in [6.07, 6.45) is 2.50. The van der Waals surface area contributed by atoms with Crippen LogP contribution in [0.15, 0.2) is 59.3 Å². The van der Waals surface area contributed by atoms with Crippen LogP contribution in [0.3, 0.4) is 0 Å². The van der Waals surface area contributed by atoms with Crippen LogP contribution < -0.4 is 10.1 Å². The lowest BCUT2D eigenvalue weighted by Gasteiger charge is -2.32. The summed E-state index contributed by atoms with van der Waals surface area (Å²) in [5.74, 6) is 1.65. The third-order valence-corrected chi connectivity index (χ3v) is 4.88. The van der Waals surface area contributed by atoms with Crippen molar-refractivity contribution in [3.63, 3.8) is 0 Å². The number of ether oxygens (including phenoxy) is 1.